The summed E-state index contributed by atoms with van der Waals surface area (Å²) in [4.78, 5) is 4.36. The molecule has 2 heterocycles. The Kier molecular flexibility index (Phi) is 3.46. The van der Waals surface area contributed by atoms with Gasteiger partial charge in [-0.1, -0.05) is 15.9 Å². The first-order valence-electron chi connectivity index (χ1n) is 6.08. The second kappa shape index (κ2) is 5.40. The third-order valence-corrected chi connectivity index (χ3v) is 3.41. The van der Waals surface area contributed by atoms with Crippen molar-refractivity contribution in [1.82, 2.24) is 14.8 Å². The van der Waals surface area contributed by atoms with Crippen molar-refractivity contribution >= 4 is 32.5 Å². The molecule has 3 aromatic rings. The summed E-state index contributed by atoms with van der Waals surface area (Å²) in [5, 5.41) is 8.73. The van der Waals surface area contributed by atoms with Gasteiger partial charge in [0.25, 0.3) is 0 Å². The van der Waals surface area contributed by atoms with Crippen LogP contribution in [0.25, 0.3) is 10.9 Å². The monoisotopic (exact) mass is 316 g/mol. The molecular weight excluding hydrogens is 304 g/mol. The number of benzene rings is 1. The summed E-state index contributed by atoms with van der Waals surface area (Å²) in [6, 6.07) is 10.0. The number of aromatic nitrogens is 3. The van der Waals surface area contributed by atoms with Crippen molar-refractivity contribution < 1.29 is 0 Å². The molecule has 0 unspecified atom stereocenters. The number of halogens is 1. The van der Waals surface area contributed by atoms with Crippen LogP contribution in [0.5, 0.6) is 0 Å². The predicted molar refractivity (Wildman–Crippen MR) is 80.2 cm³/mol. The van der Waals surface area contributed by atoms with Crippen molar-refractivity contribution in [1.29, 1.82) is 0 Å². The third kappa shape index (κ3) is 2.76. The minimum atomic E-state index is 0.827. The highest BCUT2D eigenvalue weighted by Gasteiger charge is 2.02. The van der Waals surface area contributed by atoms with E-state index >= 15 is 0 Å². The van der Waals surface area contributed by atoms with Gasteiger partial charge in [-0.3, -0.25) is 9.67 Å². The molecule has 0 saturated carbocycles. The number of fused-ring (bicyclic) bond motifs is 1. The van der Waals surface area contributed by atoms with Crippen molar-refractivity contribution in [3.05, 3.63) is 53.4 Å². The maximum Gasteiger partial charge on any atom is 0.0723 e. The number of hydrogen-bond acceptors (Lipinski definition) is 3. The molecule has 0 bridgehead atoms. The van der Waals surface area contributed by atoms with Crippen LogP contribution in [0.1, 0.15) is 0 Å². The smallest absolute Gasteiger partial charge is 0.0723 e. The standard InChI is InChI=1S/C14H13BrN4/c15-11-2-3-13-12(10-11)14(4-6-16-13)17-7-9-19-8-1-5-18-19/h1-6,8,10H,7,9H2,(H,16,17). The number of nitrogens with zero attached hydrogens (tertiary/aromatic N) is 3. The Bertz CT molecular complexity index is 679. The van der Waals surface area contributed by atoms with Crippen LogP contribution in [0.15, 0.2) is 53.4 Å². The minimum absolute atomic E-state index is 0.827. The number of pyridine rings is 1. The van der Waals surface area contributed by atoms with E-state index in [0.717, 1.165) is 34.2 Å². The van der Waals surface area contributed by atoms with Crippen molar-refractivity contribution in [2.45, 2.75) is 6.54 Å². The van der Waals surface area contributed by atoms with Crippen LogP contribution >= 0.6 is 15.9 Å². The molecule has 0 aliphatic rings. The van der Waals surface area contributed by atoms with Crippen LogP contribution in [0, 0.1) is 0 Å². The summed E-state index contributed by atoms with van der Waals surface area (Å²) >= 11 is 3.50. The first-order valence-corrected chi connectivity index (χ1v) is 6.88. The summed E-state index contributed by atoms with van der Waals surface area (Å²) in [5.74, 6) is 0. The Balaban J connectivity index is 1.78. The fraction of sp³-hybridized carbons (Fsp3) is 0.143. The lowest BCUT2D eigenvalue weighted by Gasteiger charge is -2.09. The van der Waals surface area contributed by atoms with Crippen molar-refractivity contribution in [2.24, 2.45) is 0 Å². The van der Waals surface area contributed by atoms with Gasteiger partial charge in [0.2, 0.25) is 0 Å². The summed E-state index contributed by atoms with van der Waals surface area (Å²) < 4.78 is 2.97. The maximum absolute atomic E-state index is 4.36. The van der Waals surface area contributed by atoms with E-state index in [2.05, 4.69) is 37.4 Å². The lowest BCUT2D eigenvalue weighted by atomic mass is 10.2. The summed E-state index contributed by atoms with van der Waals surface area (Å²) in [6.07, 6.45) is 5.58. The van der Waals surface area contributed by atoms with E-state index in [1.165, 1.54) is 0 Å². The van der Waals surface area contributed by atoms with Crippen molar-refractivity contribution in [3.63, 3.8) is 0 Å². The Hall–Kier alpha value is -1.88. The number of rotatable bonds is 4. The zero-order valence-corrected chi connectivity index (χ0v) is 11.8. The van der Waals surface area contributed by atoms with E-state index in [1.807, 2.05) is 41.3 Å². The third-order valence-electron chi connectivity index (χ3n) is 2.92. The zero-order valence-electron chi connectivity index (χ0n) is 10.3. The van der Waals surface area contributed by atoms with Crippen LogP contribution in [-0.4, -0.2) is 21.3 Å². The van der Waals surface area contributed by atoms with E-state index in [4.69, 9.17) is 0 Å². The van der Waals surface area contributed by atoms with E-state index in [9.17, 15) is 0 Å². The molecule has 0 fully saturated rings. The Morgan fingerprint density at radius 2 is 2.16 bits per heavy atom. The zero-order chi connectivity index (χ0) is 13.1. The summed E-state index contributed by atoms with van der Waals surface area (Å²) in [5.41, 5.74) is 2.09. The van der Waals surface area contributed by atoms with E-state index < -0.39 is 0 Å². The molecule has 1 aromatic carbocycles. The minimum Gasteiger partial charge on any atom is -0.383 e. The molecular formula is C14H13BrN4. The Morgan fingerprint density at radius 1 is 1.21 bits per heavy atom. The summed E-state index contributed by atoms with van der Waals surface area (Å²) in [6.45, 7) is 1.66. The molecule has 0 spiro atoms. The molecule has 5 heteroatoms. The molecule has 1 N–H and O–H groups in total. The van der Waals surface area contributed by atoms with Gasteiger partial charge in [-0.2, -0.15) is 5.10 Å². The molecule has 0 aliphatic carbocycles. The number of anilines is 1. The van der Waals surface area contributed by atoms with Gasteiger partial charge in [0, 0.05) is 40.7 Å². The quantitative estimate of drug-likeness (QED) is 0.803. The van der Waals surface area contributed by atoms with Gasteiger partial charge >= 0.3 is 0 Å². The van der Waals surface area contributed by atoms with Crippen molar-refractivity contribution in [2.75, 3.05) is 11.9 Å². The van der Waals surface area contributed by atoms with Crippen LogP contribution in [0.4, 0.5) is 5.69 Å². The number of nitrogens with one attached hydrogen (secondary N) is 1. The average Bonchev–Trinajstić information content (AvgIpc) is 2.92. The normalized spacial score (nSPS) is 10.8. The number of hydrogen-bond donors (Lipinski definition) is 1. The Morgan fingerprint density at radius 3 is 3.00 bits per heavy atom. The molecule has 0 aliphatic heterocycles. The van der Waals surface area contributed by atoms with Crippen LogP contribution in [-0.2, 0) is 6.54 Å². The highest BCUT2D eigenvalue weighted by Crippen LogP contribution is 2.24. The largest absolute Gasteiger partial charge is 0.383 e. The topological polar surface area (TPSA) is 42.7 Å². The van der Waals surface area contributed by atoms with Gasteiger partial charge in [-0.25, -0.2) is 0 Å². The first-order chi connectivity index (χ1) is 9.33. The van der Waals surface area contributed by atoms with Crippen LogP contribution in [0.2, 0.25) is 0 Å². The van der Waals surface area contributed by atoms with Gasteiger partial charge in [0.1, 0.15) is 0 Å². The highest BCUT2D eigenvalue weighted by atomic mass is 79.9. The van der Waals surface area contributed by atoms with E-state index in [1.54, 1.807) is 6.20 Å². The lowest BCUT2D eigenvalue weighted by molar-refractivity contribution is 0.638. The van der Waals surface area contributed by atoms with Gasteiger partial charge in [0.05, 0.1) is 12.1 Å². The van der Waals surface area contributed by atoms with Crippen LogP contribution < -0.4 is 5.32 Å². The predicted octanol–water partition coefficient (Wildman–Crippen LogP) is 3.31. The van der Waals surface area contributed by atoms with Gasteiger partial charge < -0.3 is 5.32 Å². The summed E-state index contributed by atoms with van der Waals surface area (Å²) in [7, 11) is 0. The maximum atomic E-state index is 4.36. The lowest BCUT2D eigenvalue weighted by Crippen LogP contribution is -2.11. The molecule has 4 nitrogen and oxygen atoms in total. The molecule has 2 aromatic heterocycles. The molecule has 0 atom stereocenters. The van der Waals surface area contributed by atoms with Crippen molar-refractivity contribution in [3.8, 4) is 0 Å². The fourth-order valence-corrected chi connectivity index (χ4v) is 2.37. The van der Waals surface area contributed by atoms with Gasteiger partial charge in [-0.15, -0.1) is 0 Å². The van der Waals surface area contributed by atoms with Gasteiger partial charge in [-0.05, 0) is 30.3 Å². The van der Waals surface area contributed by atoms with E-state index in [0.29, 0.717) is 0 Å². The molecule has 96 valence electrons. The fourth-order valence-electron chi connectivity index (χ4n) is 2.01. The van der Waals surface area contributed by atoms with E-state index in [-0.39, 0.29) is 0 Å². The average molecular weight is 317 g/mol. The highest BCUT2D eigenvalue weighted by molar-refractivity contribution is 9.10. The molecule has 19 heavy (non-hydrogen) atoms. The molecule has 0 radical (unpaired) electrons. The molecule has 3 rings (SSSR count). The first kappa shape index (κ1) is 12.2. The molecule has 0 amide bonds. The second-order valence-corrected chi connectivity index (χ2v) is 5.13. The SMILES string of the molecule is Brc1ccc2nccc(NCCn3cccn3)c2c1. The van der Waals surface area contributed by atoms with Gasteiger partial charge in [0.15, 0.2) is 0 Å². The second-order valence-electron chi connectivity index (χ2n) is 4.22. The molecule has 0 saturated heterocycles. The Labute approximate surface area is 119 Å². The van der Waals surface area contributed by atoms with Crippen LogP contribution in [0.3, 0.4) is 0 Å².